The number of amides is 2. The highest BCUT2D eigenvalue weighted by molar-refractivity contribution is 5.93. The van der Waals surface area contributed by atoms with Crippen LogP contribution in [0, 0.1) is 0 Å². The minimum atomic E-state index is -0.241. The summed E-state index contributed by atoms with van der Waals surface area (Å²) in [6, 6.07) is 14.4. The third kappa shape index (κ3) is 4.39. The molecule has 1 aromatic heterocycles. The van der Waals surface area contributed by atoms with E-state index in [1.807, 2.05) is 44.2 Å². The van der Waals surface area contributed by atoms with Gasteiger partial charge in [0.15, 0.2) is 0 Å². The minimum absolute atomic E-state index is 0.0125. The van der Waals surface area contributed by atoms with E-state index in [2.05, 4.69) is 10.6 Å². The van der Waals surface area contributed by atoms with Crippen LogP contribution in [0.1, 0.15) is 33.6 Å². The molecule has 1 unspecified atom stereocenters. The van der Waals surface area contributed by atoms with E-state index in [1.54, 1.807) is 29.8 Å². The van der Waals surface area contributed by atoms with Gasteiger partial charge in [-0.3, -0.25) is 19.1 Å². The molecule has 0 saturated carbocycles. The average Bonchev–Trinajstić information content (AvgIpc) is 2.99. The van der Waals surface area contributed by atoms with Crippen molar-refractivity contribution in [1.29, 1.82) is 0 Å². The summed E-state index contributed by atoms with van der Waals surface area (Å²) >= 11 is 0. The number of rotatable bonds is 7. The fourth-order valence-electron chi connectivity index (χ4n) is 3.13. The predicted octanol–water partition coefficient (Wildman–Crippen LogP) is 3.06. The van der Waals surface area contributed by atoms with Crippen LogP contribution in [0.3, 0.4) is 0 Å². The van der Waals surface area contributed by atoms with Crippen LogP contribution in [0.4, 0.5) is 5.69 Å². The van der Waals surface area contributed by atoms with Gasteiger partial charge >= 0.3 is 0 Å². The zero-order valence-electron chi connectivity index (χ0n) is 16.9. The number of para-hydroxylation sites is 1. The van der Waals surface area contributed by atoms with Crippen LogP contribution in [0.2, 0.25) is 0 Å². The van der Waals surface area contributed by atoms with Gasteiger partial charge in [-0.1, -0.05) is 32.0 Å². The zero-order valence-corrected chi connectivity index (χ0v) is 16.9. The van der Waals surface area contributed by atoms with Crippen molar-refractivity contribution in [2.75, 3.05) is 5.32 Å². The SMILES string of the molecule is CCC(=O)Nc1ccc2c(c1)c(=O)n(-c1ccccc1)n2CC(=O)NC(C)CC. The monoisotopic (exact) mass is 394 g/mol. The van der Waals surface area contributed by atoms with Crippen molar-refractivity contribution in [2.45, 2.75) is 46.2 Å². The number of carbonyl (C=O) groups is 2. The van der Waals surface area contributed by atoms with Crippen LogP contribution >= 0.6 is 0 Å². The number of nitrogens with one attached hydrogen (secondary N) is 2. The Bertz CT molecular complexity index is 1080. The molecule has 1 heterocycles. The summed E-state index contributed by atoms with van der Waals surface area (Å²) in [7, 11) is 0. The topological polar surface area (TPSA) is 85.1 Å². The van der Waals surface area contributed by atoms with Gasteiger partial charge in [-0.15, -0.1) is 0 Å². The number of hydrogen-bond donors (Lipinski definition) is 2. The first-order chi connectivity index (χ1) is 13.9. The summed E-state index contributed by atoms with van der Waals surface area (Å²) in [4.78, 5) is 37.5. The summed E-state index contributed by atoms with van der Waals surface area (Å²) in [5, 5.41) is 6.17. The maximum atomic E-state index is 13.2. The van der Waals surface area contributed by atoms with Gasteiger partial charge in [0.25, 0.3) is 5.56 Å². The molecule has 3 aromatic rings. The van der Waals surface area contributed by atoms with Crippen molar-refractivity contribution in [3.63, 3.8) is 0 Å². The Balaban J connectivity index is 2.12. The van der Waals surface area contributed by atoms with E-state index >= 15 is 0 Å². The molecular formula is C22H26N4O3. The van der Waals surface area contributed by atoms with Gasteiger partial charge in [0.05, 0.1) is 16.6 Å². The highest BCUT2D eigenvalue weighted by Gasteiger charge is 2.18. The molecule has 0 spiro atoms. The highest BCUT2D eigenvalue weighted by atomic mass is 16.2. The van der Waals surface area contributed by atoms with E-state index in [-0.39, 0.29) is 30.0 Å². The van der Waals surface area contributed by atoms with Crippen molar-refractivity contribution in [1.82, 2.24) is 14.7 Å². The van der Waals surface area contributed by atoms with Crippen molar-refractivity contribution < 1.29 is 9.59 Å². The lowest BCUT2D eigenvalue weighted by molar-refractivity contribution is -0.122. The fourth-order valence-corrected chi connectivity index (χ4v) is 3.13. The summed E-state index contributed by atoms with van der Waals surface area (Å²) in [5.41, 5.74) is 1.62. The molecule has 0 aliphatic rings. The predicted molar refractivity (Wildman–Crippen MR) is 114 cm³/mol. The quantitative estimate of drug-likeness (QED) is 0.646. The highest BCUT2D eigenvalue weighted by Crippen LogP contribution is 2.20. The molecule has 2 aromatic carbocycles. The molecule has 0 aliphatic heterocycles. The number of benzene rings is 2. The first-order valence-corrected chi connectivity index (χ1v) is 9.84. The number of hydrogen-bond acceptors (Lipinski definition) is 3. The van der Waals surface area contributed by atoms with Crippen molar-refractivity contribution in [3.8, 4) is 5.69 Å². The third-order valence-corrected chi connectivity index (χ3v) is 4.86. The first-order valence-electron chi connectivity index (χ1n) is 9.84. The van der Waals surface area contributed by atoms with Crippen LogP contribution in [-0.2, 0) is 16.1 Å². The van der Waals surface area contributed by atoms with Crippen LogP contribution in [0.15, 0.2) is 53.3 Å². The normalized spacial score (nSPS) is 12.0. The molecule has 0 aliphatic carbocycles. The molecular weight excluding hydrogens is 368 g/mol. The number of nitrogens with zero attached hydrogens (tertiary/aromatic N) is 2. The van der Waals surface area contributed by atoms with Gasteiger partial charge in [-0.2, -0.15) is 0 Å². The minimum Gasteiger partial charge on any atom is -0.352 e. The lowest BCUT2D eigenvalue weighted by Gasteiger charge is -2.15. The van der Waals surface area contributed by atoms with Gasteiger partial charge in [0.2, 0.25) is 11.8 Å². The van der Waals surface area contributed by atoms with E-state index in [0.29, 0.717) is 28.7 Å². The average molecular weight is 394 g/mol. The van der Waals surface area contributed by atoms with E-state index in [1.165, 1.54) is 4.68 Å². The van der Waals surface area contributed by atoms with Gasteiger partial charge in [-0.05, 0) is 43.7 Å². The second kappa shape index (κ2) is 8.77. The number of fused-ring (bicyclic) bond motifs is 1. The van der Waals surface area contributed by atoms with E-state index in [9.17, 15) is 14.4 Å². The number of aromatic nitrogens is 2. The van der Waals surface area contributed by atoms with Crippen molar-refractivity contribution in [3.05, 3.63) is 58.9 Å². The maximum Gasteiger partial charge on any atom is 0.279 e. The third-order valence-electron chi connectivity index (χ3n) is 4.86. The summed E-state index contributed by atoms with van der Waals surface area (Å²) in [6.45, 7) is 5.72. The smallest absolute Gasteiger partial charge is 0.279 e. The zero-order chi connectivity index (χ0) is 21.0. The lowest BCUT2D eigenvalue weighted by atomic mass is 10.2. The lowest BCUT2D eigenvalue weighted by Crippen LogP contribution is -2.36. The Labute approximate surface area is 169 Å². The number of anilines is 1. The Hall–Kier alpha value is -3.35. The second-order valence-corrected chi connectivity index (χ2v) is 7.02. The molecule has 7 heteroatoms. The van der Waals surface area contributed by atoms with Crippen LogP contribution in [-0.4, -0.2) is 27.2 Å². The first kappa shape index (κ1) is 20.4. The van der Waals surface area contributed by atoms with E-state index in [0.717, 1.165) is 6.42 Å². The fraction of sp³-hybridized carbons (Fsp3) is 0.318. The molecule has 2 amide bonds. The number of carbonyl (C=O) groups excluding carboxylic acids is 2. The Morgan fingerprint density at radius 3 is 2.41 bits per heavy atom. The van der Waals surface area contributed by atoms with Crippen molar-refractivity contribution >= 4 is 28.4 Å². The molecule has 7 nitrogen and oxygen atoms in total. The molecule has 0 saturated heterocycles. The van der Waals surface area contributed by atoms with Gasteiger partial charge in [-0.25, -0.2) is 4.68 Å². The van der Waals surface area contributed by atoms with Gasteiger partial charge < -0.3 is 10.6 Å². The van der Waals surface area contributed by atoms with E-state index in [4.69, 9.17) is 0 Å². The van der Waals surface area contributed by atoms with Crippen molar-refractivity contribution in [2.24, 2.45) is 0 Å². The van der Waals surface area contributed by atoms with Crippen LogP contribution < -0.4 is 16.2 Å². The summed E-state index contributed by atoms with van der Waals surface area (Å²) in [5.74, 6) is -0.288. The van der Waals surface area contributed by atoms with Crippen LogP contribution in [0.5, 0.6) is 0 Å². The Morgan fingerprint density at radius 1 is 1.03 bits per heavy atom. The van der Waals surface area contributed by atoms with Gasteiger partial charge in [0.1, 0.15) is 6.54 Å². The summed E-state index contributed by atoms with van der Waals surface area (Å²) < 4.78 is 3.18. The molecule has 29 heavy (non-hydrogen) atoms. The Morgan fingerprint density at radius 2 is 1.76 bits per heavy atom. The van der Waals surface area contributed by atoms with Crippen LogP contribution in [0.25, 0.3) is 16.6 Å². The van der Waals surface area contributed by atoms with Gasteiger partial charge in [0, 0.05) is 18.2 Å². The molecule has 2 N–H and O–H groups in total. The second-order valence-electron chi connectivity index (χ2n) is 7.02. The molecule has 0 bridgehead atoms. The Kier molecular flexibility index (Phi) is 6.16. The van der Waals surface area contributed by atoms with E-state index < -0.39 is 0 Å². The molecule has 152 valence electrons. The molecule has 1 atom stereocenters. The summed E-state index contributed by atoms with van der Waals surface area (Å²) in [6.07, 6.45) is 1.17. The molecule has 3 rings (SSSR count). The standard InChI is InChI=1S/C22H26N4O3/c1-4-15(3)23-21(28)14-25-19-12-11-16(24-20(27)5-2)13-18(19)22(29)26(25)17-9-7-6-8-10-17/h6-13,15H,4-5,14H2,1-3H3,(H,23,28)(H,24,27). The molecule has 0 radical (unpaired) electrons. The largest absolute Gasteiger partial charge is 0.352 e. The molecule has 0 fully saturated rings. The maximum absolute atomic E-state index is 13.2.